The zero-order valence-corrected chi connectivity index (χ0v) is 20.5. The van der Waals surface area contributed by atoms with Crippen LogP contribution in [0.2, 0.25) is 0 Å². The van der Waals surface area contributed by atoms with Crippen molar-refractivity contribution in [3.63, 3.8) is 0 Å². The second-order valence-electron chi connectivity index (χ2n) is 5.56. The third-order valence-electron chi connectivity index (χ3n) is 3.66. The zero-order chi connectivity index (χ0) is 20.3. The van der Waals surface area contributed by atoms with Gasteiger partial charge in [0.1, 0.15) is 5.75 Å². The fraction of sp³-hybridized carbons (Fsp3) is 0.105. The second kappa shape index (κ2) is 9.55. The summed E-state index contributed by atoms with van der Waals surface area (Å²) in [6.07, 6.45) is 1.75. The first-order chi connectivity index (χ1) is 13.4. The Kier molecular flexibility index (Phi) is 7.34. The third kappa shape index (κ3) is 4.86. The minimum absolute atomic E-state index is 0.277. The number of amides is 2. The van der Waals surface area contributed by atoms with Crippen LogP contribution in [0.3, 0.4) is 0 Å². The van der Waals surface area contributed by atoms with Gasteiger partial charge in [-0.05, 0) is 94.7 Å². The number of hydrogen-bond donors (Lipinski definition) is 1. The Bertz CT molecular complexity index is 981. The van der Waals surface area contributed by atoms with E-state index in [1.165, 1.54) is 0 Å². The largest absolute Gasteiger partial charge is 0.492 e. The maximum atomic E-state index is 12.8. The molecule has 0 radical (unpaired) electrons. The highest BCUT2D eigenvalue weighted by Gasteiger charge is 2.34. The highest BCUT2D eigenvalue weighted by molar-refractivity contribution is 14.1. The number of benzene rings is 2. The van der Waals surface area contributed by atoms with Crippen LogP contribution in [-0.2, 0) is 4.79 Å². The fourth-order valence-electron chi connectivity index (χ4n) is 2.45. The van der Waals surface area contributed by atoms with Crippen molar-refractivity contribution in [2.75, 3.05) is 6.61 Å². The van der Waals surface area contributed by atoms with Crippen LogP contribution in [0.15, 0.2) is 47.4 Å². The van der Waals surface area contributed by atoms with E-state index in [2.05, 4.69) is 50.6 Å². The summed E-state index contributed by atoms with van der Waals surface area (Å²) >= 11 is 10.9. The van der Waals surface area contributed by atoms with Gasteiger partial charge in [-0.15, -0.1) is 0 Å². The molecule has 28 heavy (non-hydrogen) atoms. The van der Waals surface area contributed by atoms with Crippen molar-refractivity contribution in [3.8, 4) is 5.75 Å². The zero-order valence-electron chi connectivity index (χ0n) is 14.6. The molecule has 1 aliphatic rings. The summed E-state index contributed by atoms with van der Waals surface area (Å²) in [6.45, 7) is 2.43. The van der Waals surface area contributed by atoms with Gasteiger partial charge in [0.25, 0.3) is 11.8 Å². The van der Waals surface area contributed by atoms with E-state index in [0.717, 1.165) is 35.2 Å². The minimum Gasteiger partial charge on any atom is -0.492 e. The van der Waals surface area contributed by atoms with Crippen LogP contribution in [-0.4, -0.2) is 27.8 Å². The topological polar surface area (TPSA) is 58.6 Å². The molecule has 1 heterocycles. The molecule has 5 nitrogen and oxygen atoms in total. The molecule has 9 heteroatoms. The maximum Gasteiger partial charge on any atom is 0.285 e. The van der Waals surface area contributed by atoms with E-state index >= 15 is 0 Å². The molecule has 0 aromatic heterocycles. The molecule has 0 spiro atoms. The number of nitrogens with one attached hydrogen (secondary N) is 1. The highest BCUT2D eigenvalue weighted by Crippen LogP contribution is 2.36. The third-order valence-corrected chi connectivity index (χ3v) is 6.38. The Balaban J connectivity index is 1.87. The first-order valence-corrected chi connectivity index (χ1v) is 11.5. The van der Waals surface area contributed by atoms with E-state index in [9.17, 15) is 9.59 Å². The monoisotopic (exact) mass is 636 g/mol. The van der Waals surface area contributed by atoms with E-state index in [0.29, 0.717) is 17.1 Å². The number of rotatable bonds is 5. The van der Waals surface area contributed by atoms with Gasteiger partial charge in [-0.3, -0.25) is 15.0 Å². The van der Waals surface area contributed by atoms with Crippen LogP contribution < -0.4 is 10.2 Å². The molecule has 0 bridgehead atoms. The van der Waals surface area contributed by atoms with Crippen LogP contribution in [0.4, 0.5) is 0 Å². The Morgan fingerprint density at radius 1 is 1.29 bits per heavy atom. The predicted octanol–water partition coefficient (Wildman–Crippen LogP) is 4.84. The predicted molar refractivity (Wildman–Crippen MR) is 132 cm³/mol. The van der Waals surface area contributed by atoms with Gasteiger partial charge < -0.3 is 4.74 Å². The second-order valence-corrected chi connectivity index (χ2v) is 9.65. The molecule has 3 rings (SSSR count). The van der Waals surface area contributed by atoms with E-state index in [1.54, 1.807) is 30.3 Å². The quantitative estimate of drug-likeness (QED) is 0.290. The van der Waals surface area contributed by atoms with Gasteiger partial charge in [0, 0.05) is 14.7 Å². The first kappa shape index (κ1) is 21.5. The highest BCUT2D eigenvalue weighted by atomic mass is 127. The Morgan fingerprint density at radius 2 is 2.00 bits per heavy atom. The molecule has 0 atom stereocenters. The van der Waals surface area contributed by atoms with Crippen molar-refractivity contribution >= 4 is 91.4 Å². The number of thiocarbonyl (C=S) groups is 1. The number of halogens is 2. The van der Waals surface area contributed by atoms with Crippen LogP contribution in [0.1, 0.15) is 22.8 Å². The van der Waals surface area contributed by atoms with Gasteiger partial charge in [0.05, 0.1) is 15.1 Å². The molecule has 1 N–H and O–H groups in total. The van der Waals surface area contributed by atoms with Gasteiger partial charge >= 0.3 is 0 Å². The normalized spacial score (nSPS) is 15.2. The lowest BCUT2D eigenvalue weighted by molar-refractivity contribution is -0.123. The number of hydrogen-bond acceptors (Lipinski definition) is 5. The van der Waals surface area contributed by atoms with Crippen LogP contribution >= 0.6 is 69.2 Å². The van der Waals surface area contributed by atoms with Gasteiger partial charge in [0.15, 0.2) is 4.32 Å². The Hall–Kier alpha value is -1.18. The average molecular weight is 636 g/mol. The van der Waals surface area contributed by atoms with E-state index in [1.807, 2.05) is 25.1 Å². The number of ether oxygens (including phenoxy) is 1. The van der Waals surface area contributed by atoms with Crippen LogP contribution in [0, 0.1) is 7.14 Å². The summed E-state index contributed by atoms with van der Waals surface area (Å²) in [6, 6.07) is 12.6. The fourth-order valence-corrected chi connectivity index (χ4v) is 5.66. The number of thioether (sulfide) groups is 1. The van der Waals surface area contributed by atoms with Crippen LogP contribution in [0.25, 0.3) is 6.08 Å². The number of carbonyl (C=O) groups is 2. The Labute approximate surface area is 199 Å². The smallest absolute Gasteiger partial charge is 0.285 e. The van der Waals surface area contributed by atoms with Gasteiger partial charge in [-0.1, -0.05) is 30.0 Å². The van der Waals surface area contributed by atoms with Gasteiger partial charge in [-0.2, -0.15) is 5.01 Å². The van der Waals surface area contributed by atoms with E-state index in [-0.39, 0.29) is 10.2 Å². The lowest BCUT2D eigenvalue weighted by Gasteiger charge is -2.15. The summed E-state index contributed by atoms with van der Waals surface area (Å²) in [5, 5.41) is 1.11. The SMILES string of the molecule is CCOc1c(I)cc(I)cc1/C=C1/SC(=S)N(NC(=O)c2ccccc2)C1=O. The standard InChI is InChI=1S/C19H14I2N2O3S2/c1-2-26-16-12(8-13(20)10-14(16)21)9-15-18(25)23(19(27)28-15)22-17(24)11-6-4-3-5-7-11/h3-10H,2H2,1H3,(H,22,24)/b15-9+. The molecule has 144 valence electrons. The lowest BCUT2D eigenvalue weighted by atomic mass is 10.2. The summed E-state index contributed by atoms with van der Waals surface area (Å²) in [7, 11) is 0. The summed E-state index contributed by atoms with van der Waals surface area (Å²) in [4.78, 5) is 25.6. The molecule has 0 aliphatic carbocycles. The molecule has 2 aromatic rings. The van der Waals surface area contributed by atoms with Gasteiger partial charge in [0.2, 0.25) is 0 Å². The average Bonchev–Trinajstić information content (AvgIpc) is 2.92. The molecule has 2 aromatic carbocycles. The molecule has 0 unspecified atom stereocenters. The molecule has 1 saturated heterocycles. The van der Waals surface area contributed by atoms with Crippen molar-refractivity contribution in [1.29, 1.82) is 0 Å². The number of carbonyl (C=O) groups excluding carboxylic acids is 2. The summed E-state index contributed by atoms with van der Waals surface area (Å²) in [5.41, 5.74) is 3.83. The molecular weight excluding hydrogens is 622 g/mol. The molecule has 1 fully saturated rings. The van der Waals surface area contributed by atoms with Crippen LogP contribution in [0.5, 0.6) is 5.75 Å². The summed E-state index contributed by atoms with van der Waals surface area (Å²) < 4.78 is 8.02. The molecular formula is C19H14I2N2O3S2. The minimum atomic E-state index is -0.392. The summed E-state index contributed by atoms with van der Waals surface area (Å²) in [5.74, 6) is -0.0327. The van der Waals surface area contributed by atoms with Gasteiger partial charge in [-0.25, -0.2) is 0 Å². The molecule has 2 amide bonds. The lowest BCUT2D eigenvalue weighted by Crippen LogP contribution is -2.44. The van der Waals surface area contributed by atoms with E-state index in [4.69, 9.17) is 17.0 Å². The van der Waals surface area contributed by atoms with Crippen molar-refractivity contribution < 1.29 is 14.3 Å². The van der Waals surface area contributed by atoms with E-state index < -0.39 is 5.91 Å². The first-order valence-electron chi connectivity index (χ1n) is 8.16. The number of nitrogens with zero attached hydrogens (tertiary/aromatic N) is 1. The Morgan fingerprint density at radius 3 is 2.68 bits per heavy atom. The van der Waals surface area contributed by atoms with Crippen molar-refractivity contribution in [3.05, 3.63) is 65.6 Å². The maximum absolute atomic E-state index is 12.8. The molecule has 1 aliphatic heterocycles. The van der Waals surface area contributed by atoms with Crippen molar-refractivity contribution in [1.82, 2.24) is 10.4 Å². The number of hydrazine groups is 1. The molecule has 0 saturated carbocycles. The van der Waals surface area contributed by atoms with Crippen molar-refractivity contribution in [2.45, 2.75) is 6.92 Å². The van der Waals surface area contributed by atoms with Crippen molar-refractivity contribution in [2.24, 2.45) is 0 Å².